The van der Waals surface area contributed by atoms with Crippen LogP contribution in [0.25, 0.3) is 0 Å². The van der Waals surface area contributed by atoms with Crippen molar-refractivity contribution in [3.05, 3.63) is 0 Å². The fraction of sp³-hybridized carbons (Fsp3) is 0.818. The molecule has 0 aliphatic rings. The third-order valence-corrected chi connectivity index (χ3v) is 2.59. The lowest BCUT2D eigenvalue weighted by molar-refractivity contribution is -0.146. The van der Waals surface area contributed by atoms with Crippen LogP contribution in [0.4, 0.5) is 0 Å². The van der Waals surface area contributed by atoms with Crippen molar-refractivity contribution in [2.45, 2.75) is 45.6 Å². The Morgan fingerprint density at radius 2 is 2.00 bits per heavy atom. The summed E-state index contributed by atoms with van der Waals surface area (Å²) in [7, 11) is 0. The highest BCUT2D eigenvalue weighted by Crippen LogP contribution is 2.08. The van der Waals surface area contributed by atoms with Gasteiger partial charge in [0.05, 0.1) is 0 Å². The summed E-state index contributed by atoms with van der Waals surface area (Å²) >= 11 is 0. The van der Waals surface area contributed by atoms with Crippen LogP contribution in [0.3, 0.4) is 0 Å². The highest BCUT2D eigenvalue weighted by atomic mass is 16.4. The third-order valence-electron chi connectivity index (χ3n) is 2.59. The molecule has 1 atom stereocenters. The lowest BCUT2D eigenvalue weighted by Gasteiger charge is -2.27. The number of unbranched alkanes of at least 4 members (excludes halogenated alkanes) is 1. The Morgan fingerprint density at radius 1 is 1.38 bits per heavy atom. The summed E-state index contributed by atoms with van der Waals surface area (Å²) < 4.78 is 0. The molecular formula is C11H22N2O3. The van der Waals surface area contributed by atoms with E-state index in [0.717, 1.165) is 19.3 Å². The van der Waals surface area contributed by atoms with Crippen molar-refractivity contribution in [3.63, 3.8) is 0 Å². The number of carbonyl (C=O) groups is 2. The number of hydrogen-bond donors (Lipinski definition) is 2. The van der Waals surface area contributed by atoms with E-state index in [1.807, 2.05) is 13.8 Å². The molecular weight excluding hydrogens is 208 g/mol. The topological polar surface area (TPSA) is 83.6 Å². The molecule has 1 unspecified atom stereocenters. The van der Waals surface area contributed by atoms with Crippen LogP contribution in [0, 0.1) is 0 Å². The number of rotatable bonds is 8. The summed E-state index contributed by atoms with van der Waals surface area (Å²) in [5.41, 5.74) is 5.34. The predicted molar refractivity (Wildman–Crippen MR) is 62.0 cm³/mol. The van der Waals surface area contributed by atoms with Crippen molar-refractivity contribution in [3.8, 4) is 0 Å². The van der Waals surface area contributed by atoms with Gasteiger partial charge in [-0.15, -0.1) is 0 Å². The molecule has 16 heavy (non-hydrogen) atoms. The smallest absolute Gasteiger partial charge is 0.323 e. The second kappa shape index (κ2) is 8.10. The van der Waals surface area contributed by atoms with Gasteiger partial charge in [-0.25, -0.2) is 0 Å². The molecule has 3 N–H and O–H groups in total. The molecule has 1 amide bonds. The Hall–Kier alpha value is -1.10. The number of carboxylic acid groups (broad SMARTS) is 1. The van der Waals surface area contributed by atoms with Gasteiger partial charge in [-0.2, -0.15) is 0 Å². The third kappa shape index (κ3) is 5.70. The Kier molecular flexibility index (Phi) is 7.54. The quantitative estimate of drug-likeness (QED) is 0.605. The monoisotopic (exact) mass is 230 g/mol. The molecule has 0 saturated carbocycles. The van der Waals surface area contributed by atoms with Gasteiger partial charge in [0.1, 0.15) is 6.54 Å². The summed E-state index contributed by atoms with van der Waals surface area (Å²) in [6.45, 7) is 4.16. The molecule has 0 fully saturated rings. The van der Waals surface area contributed by atoms with Crippen molar-refractivity contribution in [2.75, 3.05) is 13.1 Å². The SMILES string of the molecule is CCC(C)N(CC(=O)O)C(=O)CCCCN. The zero-order chi connectivity index (χ0) is 12.6. The van der Waals surface area contributed by atoms with E-state index in [-0.39, 0.29) is 18.5 Å². The normalized spacial score (nSPS) is 12.2. The molecule has 0 aromatic rings. The number of carbonyl (C=O) groups excluding carboxylic acids is 1. The van der Waals surface area contributed by atoms with Gasteiger partial charge in [0.25, 0.3) is 0 Å². The van der Waals surface area contributed by atoms with E-state index in [4.69, 9.17) is 10.8 Å². The molecule has 5 heteroatoms. The molecule has 0 bridgehead atoms. The van der Waals surface area contributed by atoms with Crippen molar-refractivity contribution >= 4 is 11.9 Å². The van der Waals surface area contributed by atoms with Gasteiger partial charge in [-0.1, -0.05) is 6.92 Å². The summed E-state index contributed by atoms with van der Waals surface area (Å²) in [6, 6.07) is -0.0264. The molecule has 94 valence electrons. The Balaban J connectivity index is 4.26. The summed E-state index contributed by atoms with van der Waals surface area (Å²) in [4.78, 5) is 23.9. The van der Waals surface area contributed by atoms with Gasteiger partial charge in [-0.3, -0.25) is 9.59 Å². The highest BCUT2D eigenvalue weighted by Gasteiger charge is 2.20. The van der Waals surface area contributed by atoms with Crippen LogP contribution in [-0.2, 0) is 9.59 Å². The largest absolute Gasteiger partial charge is 0.480 e. The number of nitrogens with zero attached hydrogens (tertiary/aromatic N) is 1. The minimum Gasteiger partial charge on any atom is -0.480 e. The first-order valence-corrected chi connectivity index (χ1v) is 5.74. The van der Waals surface area contributed by atoms with Crippen LogP contribution in [-0.4, -0.2) is 41.0 Å². The maximum atomic E-state index is 11.8. The fourth-order valence-corrected chi connectivity index (χ4v) is 1.42. The molecule has 0 saturated heterocycles. The molecule has 0 rings (SSSR count). The first-order valence-electron chi connectivity index (χ1n) is 5.74. The van der Waals surface area contributed by atoms with E-state index in [1.165, 1.54) is 4.90 Å². The molecule has 0 aliphatic carbocycles. The molecule has 0 heterocycles. The maximum absolute atomic E-state index is 11.8. The summed E-state index contributed by atoms with van der Waals surface area (Å²) in [5.74, 6) is -1.06. The molecule has 0 aromatic heterocycles. The molecule has 0 spiro atoms. The molecule has 0 radical (unpaired) electrons. The zero-order valence-electron chi connectivity index (χ0n) is 10.1. The van der Waals surface area contributed by atoms with E-state index in [9.17, 15) is 9.59 Å². The van der Waals surface area contributed by atoms with Gasteiger partial charge in [0.15, 0.2) is 0 Å². The van der Waals surface area contributed by atoms with Crippen LogP contribution >= 0.6 is 0 Å². The first kappa shape index (κ1) is 14.9. The van der Waals surface area contributed by atoms with E-state index in [0.29, 0.717) is 13.0 Å². The van der Waals surface area contributed by atoms with Crippen LogP contribution in [0.2, 0.25) is 0 Å². The minimum atomic E-state index is -0.965. The summed E-state index contributed by atoms with van der Waals surface area (Å²) in [6.07, 6.45) is 2.67. The first-order chi connectivity index (χ1) is 7.52. The predicted octanol–water partition coefficient (Wildman–Crippen LogP) is 0.827. The van der Waals surface area contributed by atoms with E-state index < -0.39 is 5.97 Å². The minimum absolute atomic E-state index is 0.0264. The van der Waals surface area contributed by atoms with Gasteiger partial charge in [0, 0.05) is 12.5 Å². The Bertz CT molecular complexity index is 231. The van der Waals surface area contributed by atoms with Crippen molar-refractivity contribution in [2.24, 2.45) is 5.73 Å². The lowest BCUT2D eigenvalue weighted by atomic mass is 10.1. The van der Waals surface area contributed by atoms with Crippen LogP contribution in [0.15, 0.2) is 0 Å². The second-order valence-corrected chi connectivity index (χ2v) is 3.92. The maximum Gasteiger partial charge on any atom is 0.323 e. The van der Waals surface area contributed by atoms with Crippen molar-refractivity contribution in [1.29, 1.82) is 0 Å². The lowest BCUT2D eigenvalue weighted by Crippen LogP contribution is -2.41. The number of amides is 1. The van der Waals surface area contributed by atoms with Crippen LogP contribution < -0.4 is 5.73 Å². The molecule has 0 aromatic carbocycles. The summed E-state index contributed by atoms with van der Waals surface area (Å²) in [5, 5.41) is 8.73. The Labute approximate surface area is 96.6 Å². The second-order valence-electron chi connectivity index (χ2n) is 3.92. The molecule has 5 nitrogen and oxygen atoms in total. The standard InChI is InChI=1S/C11H22N2O3/c1-3-9(2)13(8-11(15)16)10(14)6-4-5-7-12/h9H,3-8,12H2,1-2H3,(H,15,16). The van der Waals surface area contributed by atoms with E-state index in [1.54, 1.807) is 0 Å². The number of hydrogen-bond acceptors (Lipinski definition) is 3. The van der Waals surface area contributed by atoms with Crippen LogP contribution in [0.5, 0.6) is 0 Å². The highest BCUT2D eigenvalue weighted by molar-refractivity contribution is 5.81. The van der Waals surface area contributed by atoms with Gasteiger partial charge < -0.3 is 15.7 Å². The number of nitrogens with two attached hydrogens (primary N) is 1. The molecule has 0 aliphatic heterocycles. The number of carboxylic acids is 1. The van der Waals surface area contributed by atoms with Gasteiger partial charge >= 0.3 is 5.97 Å². The van der Waals surface area contributed by atoms with Gasteiger partial charge in [0.2, 0.25) is 5.91 Å². The zero-order valence-corrected chi connectivity index (χ0v) is 10.1. The number of aliphatic carboxylic acids is 1. The van der Waals surface area contributed by atoms with Crippen molar-refractivity contribution in [1.82, 2.24) is 4.90 Å². The van der Waals surface area contributed by atoms with Crippen molar-refractivity contribution < 1.29 is 14.7 Å². The van der Waals surface area contributed by atoms with E-state index in [2.05, 4.69) is 0 Å². The fourth-order valence-electron chi connectivity index (χ4n) is 1.42. The van der Waals surface area contributed by atoms with E-state index >= 15 is 0 Å². The Morgan fingerprint density at radius 3 is 2.44 bits per heavy atom. The van der Waals surface area contributed by atoms with Crippen LogP contribution in [0.1, 0.15) is 39.5 Å². The average Bonchev–Trinajstić information content (AvgIpc) is 2.24. The van der Waals surface area contributed by atoms with Gasteiger partial charge in [-0.05, 0) is 32.7 Å². The average molecular weight is 230 g/mol.